The highest BCUT2D eigenvalue weighted by Crippen LogP contribution is 2.46. The van der Waals surface area contributed by atoms with E-state index in [9.17, 15) is 10.1 Å². The molecule has 3 nitrogen and oxygen atoms in total. The maximum atomic E-state index is 13.7. The van der Waals surface area contributed by atoms with E-state index in [0.29, 0.717) is 10.7 Å². The minimum Gasteiger partial charge on any atom is -0.288 e. The maximum Gasteiger partial charge on any atom is 0.206 e. The lowest BCUT2D eigenvalue weighted by atomic mass is 10.1. The van der Waals surface area contributed by atoms with E-state index in [1.807, 2.05) is 91.0 Å². The first-order valence-electron chi connectivity index (χ1n) is 9.67. The Kier molecular flexibility index (Phi) is 6.14. The molecular weight excluding hydrogens is 423 g/mol. The van der Waals surface area contributed by atoms with E-state index in [4.69, 9.17) is 11.6 Å². The number of ketones is 1. The number of hydrogen-bond donors (Lipinski definition) is 0. The van der Waals surface area contributed by atoms with Crippen molar-refractivity contribution in [1.82, 2.24) is 4.98 Å². The Morgan fingerprint density at radius 1 is 0.742 bits per heavy atom. The Balaban J connectivity index is 2.19. The third-order valence-electron chi connectivity index (χ3n) is 5.08. The van der Waals surface area contributed by atoms with Gasteiger partial charge in [0.05, 0.1) is 0 Å². The summed E-state index contributed by atoms with van der Waals surface area (Å²) >= 11 is 5.92. The van der Waals surface area contributed by atoms with Crippen molar-refractivity contribution >= 4 is 45.5 Å². The summed E-state index contributed by atoms with van der Waals surface area (Å²) in [6, 6.07) is 35.0. The molecule has 150 valence electrons. The summed E-state index contributed by atoms with van der Waals surface area (Å²) in [6.07, 6.45) is 1.43. The summed E-state index contributed by atoms with van der Waals surface area (Å²) in [5.74, 6) is -0.337. The van der Waals surface area contributed by atoms with Crippen molar-refractivity contribution in [2.75, 3.05) is 0 Å². The van der Waals surface area contributed by atoms with Gasteiger partial charge in [0.25, 0.3) is 0 Å². The SMILES string of the molecule is N#CC(C(=O)c1ccc(Cl)nc1)=P(c1ccccc1)(c1ccccc1)c1ccccc1. The lowest BCUT2D eigenvalue weighted by molar-refractivity contribution is 0.106. The number of nitrogens with zero attached hydrogens (tertiary/aromatic N) is 2. The number of carbonyl (C=O) groups excluding carboxylic acids is 1. The van der Waals surface area contributed by atoms with Crippen LogP contribution >= 0.6 is 18.5 Å². The molecule has 0 fully saturated rings. The minimum absolute atomic E-state index is 0.209. The molecule has 0 N–H and O–H groups in total. The molecule has 0 aliphatic rings. The van der Waals surface area contributed by atoms with E-state index in [-0.39, 0.29) is 11.1 Å². The van der Waals surface area contributed by atoms with Crippen molar-refractivity contribution in [3.05, 3.63) is 120 Å². The number of carbonyl (C=O) groups is 1. The van der Waals surface area contributed by atoms with E-state index >= 15 is 0 Å². The van der Waals surface area contributed by atoms with Gasteiger partial charge in [-0.15, -0.1) is 0 Å². The van der Waals surface area contributed by atoms with Gasteiger partial charge in [0.2, 0.25) is 5.78 Å². The van der Waals surface area contributed by atoms with Crippen LogP contribution in [-0.2, 0) is 0 Å². The van der Waals surface area contributed by atoms with Gasteiger partial charge in [-0.1, -0.05) is 103 Å². The zero-order valence-corrected chi connectivity index (χ0v) is 18.2. The summed E-state index contributed by atoms with van der Waals surface area (Å²) in [5, 5.41) is 13.7. The molecule has 1 heterocycles. The van der Waals surface area contributed by atoms with E-state index in [2.05, 4.69) is 11.1 Å². The van der Waals surface area contributed by atoms with Gasteiger partial charge in [-0.05, 0) is 34.9 Å². The monoisotopic (exact) mass is 440 g/mol. The fourth-order valence-corrected chi connectivity index (χ4v) is 7.94. The summed E-state index contributed by atoms with van der Waals surface area (Å²) in [6.45, 7) is -2.75. The fraction of sp³-hybridized carbons (Fsp3) is 0. The van der Waals surface area contributed by atoms with Crippen molar-refractivity contribution in [3.63, 3.8) is 0 Å². The molecule has 0 aliphatic carbocycles. The molecule has 0 atom stereocenters. The topological polar surface area (TPSA) is 53.8 Å². The van der Waals surface area contributed by atoms with Gasteiger partial charge in [0.15, 0.2) is 0 Å². The molecule has 3 aromatic carbocycles. The van der Waals surface area contributed by atoms with Crippen molar-refractivity contribution in [2.24, 2.45) is 0 Å². The molecule has 0 radical (unpaired) electrons. The van der Waals surface area contributed by atoms with Crippen LogP contribution in [-0.4, -0.2) is 16.1 Å². The van der Waals surface area contributed by atoms with Gasteiger partial charge in [-0.2, -0.15) is 5.26 Å². The van der Waals surface area contributed by atoms with Crippen LogP contribution in [0.4, 0.5) is 0 Å². The van der Waals surface area contributed by atoms with Crippen LogP contribution in [0.2, 0.25) is 5.15 Å². The van der Waals surface area contributed by atoms with Crippen LogP contribution in [0, 0.1) is 11.3 Å². The third kappa shape index (κ3) is 3.84. The van der Waals surface area contributed by atoms with Gasteiger partial charge >= 0.3 is 0 Å². The second-order valence-electron chi connectivity index (χ2n) is 6.84. The normalized spacial score (nSPS) is 10.8. The molecular formula is C26H18ClN2OP. The van der Waals surface area contributed by atoms with Gasteiger partial charge in [0, 0.05) is 11.8 Å². The second-order valence-corrected chi connectivity index (χ2v) is 10.6. The molecule has 0 spiro atoms. The van der Waals surface area contributed by atoms with Crippen LogP contribution < -0.4 is 15.9 Å². The van der Waals surface area contributed by atoms with Gasteiger partial charge in [-0.3, -0.25) is 4.79 Å². The molecule has 0 unspecified atom stereocenters. The smallest absolute Gasteiger partial charge is 0.206 e. The number of benzene rings is 3. The summed E-state index contributed by atoms with van der Waals surface area (Å²) in [4.78, 5) is 17.8. The number of Topliss-reactive ketones (excluding diaryl/α,β-unsaturated/α-hetero) is 1. The van der Waals surface area contributed by atoms with Crippen molar-refractivity contribution in [3.8, 4) is 6.07 Å². The molecule has 31 heavy (non-hydrogen) atoms. The molecule has 0 saturated heterocycles. The summed E-state index contributed by atoms with van der Waals surface area (Å²) in [7, 11) is 0. The zero-order valence-electron chi connectivity index (χ0n) is 16.5. The van der Waals surface area contributed by atoms with Crippen LogP contribution in [0.3, 0.4) is 0 Å². The van der Waals surface area contributed by atoms with Crippen molar-refractivity contribution < 1.29 is 4.79 Å². The number of nitriles is 1. The molecule has 0 saturated carbocycles. The lowest BCUT2D eigenvalue weighted by Gasteiger charge is -2.30. The second kappa shape index (κ2) is 9.14. The first-order valence-corrected chi connectivity index (χ1v) is 11.8. The van der Waals surface area contributed by atoms with Gasteiger partial charge < -0.3 is 0 Å². The third-order valence-corrected chi connectivity index (χ3v) is 9.49. The molecule has 0 aliphatic heterocycles. The van der Waals surface area contributed by atoms with Crippen molar-refractivity contribution in [1.29, 1.82) is 5.26 Å². The molecule has 0 amide bonds. The van der Waals surface area contributed by atoms with Gasteiger partial charge in [0.1, 0.15) is 16.5 Å². The molecule has 1 aromatic heterocycles. The number of rotatable bonds is 5. The number of halogens is 1. The Morgan fingerprint density at radius 3 is 1.55 bits per heavy atom. The highest BCUT2D eigenvalue weighted by Gasteiger charge is 2.33. The van der Waals surface area contributed by atoms with E-state index < -0.39 is 6.89 Å². The van der Waals surface area contributed by atoms with E-state index in [1.165, 1.54) is 6.20 Å². The Labute approximate surface area is 186 Å². The molecule has 0 bridgehead atoms. The minimum atomic E-state index is -2.75. The molecule has 4 rings (SSSR count). The average Bonchev–Trinajstić information content (AvgIpc) is 2.84. The predicted octanol–water partition coefficient (Wildman–Crippen LogP) is 4.61. The molecule has 4 aromatic rings. The fourth-order valence-electron chi connectivity index (χ4n) is 3.71. The Morgan fingerprint density at radius 2 is 1.19 bits per heavy atom. The van der Waals surface area contributed by atoms with E-state index in [0.717, 1.165) is 15.9 Å². The highest BCUT2D eigenvalue weighted by molar-refractivity contribution is 7.97. The zero-order chi connectivity index (χ0) is 21.7. The largest absolute Gasteiger partial charge is 0.288 e. The average molecular weight is 441 g/mol. The Bertz CT molecular complexity index is 1190. The Hall–Kier alpha value is -3.44. The number of aromatic nitrogens is 1. The van der Waals surface area contributed by atoms with Crippen molar-refractivity contribution in [2.45, 2.75) is 0 Å². The lowest BCUT2D eigenvalue weighted by Crippen LogP contribution is -2.33. The first kappa shape index (κ1) is 20.8. The predicted molar refractivity (Wildman–Crippen MR) is 129 cm³/mol. The van der Waals surface area contributed by atoms with Gasteiger partial charge in [-0.25, -0.2) is 4.98 Å². The highest BCUT2D eigenvalue weighted by atomic mass is 35.5. The van der Waals surface area contributed by atoms with E-state index in [1.54, 1.807) is 12.1 Å². The first-order chi connectivity index (χ1) is 15.2. The van der Waals surface area contributed by atoms with Crippen LogP contribution in [0.25, 0.3) is 0 Å². The standard InChI is InChI=1S/C26H18ClN2OP/c27-25-17-16-20(19-29-25)26(30)24(18-28)31(21-10-4-1-5-11-21,22-12-6-2-7-13-22)23-14-8-3-9-15-23/h1-17,19H. The summed E-state index contributed by atoms with van der Waals surface area (Å²) in [5.41, 5.74) is 0.341. The number of hydrogen-bond acceptors (Lipinski definition) is 3. The van der Waals surface area contributed by atoms with Crippen LogP contribution in [0.5, 0.6) is 0 Å². The summed E-state index contributed by atoms with van der Waals surface area (Å²) < 4.78 is 0. The number of pyridine rings is 1. The quantitative estimate of drug-likeness (QED) is 0.259. The van der Waals surface area contributed by atoms with Crippen LogP contribution in [0.1, 0.15) is 10.4 Å². The maximum absolute atomic E-state index is 13.7. The van der Waals surface area contributed by atoms with Crippen LogP contribution in [0.15, 0.2) is 109 Å². The molecule has 5 heteroatoms.